The summed E-state index contributed by atoms with van der Waals surface area (Å²) in [4.78, 5) is 4.72. The molecule has 51 heavy (non-hydrogen) atoms. The van der Waals surface area contributed by atoms with Gasteiger partial charge in [0, 0.05) is 34.4 Å². The molecule has 0 fully saturated rings. The van der Waals surface area contributed by atoms with Crippen LogP contribution in [-0.4, -0.2) is 0 Å². The first kappa shape index (κ1) is 30.4. The zero-order valence-corrected chi connectivity index (χ0v) is 28.2. The van der Waals surface area contributed by atoms with Gasteiger partial charge in [0.1, 0.15) is 0 Å². The smallest absolute Gasteiger partial charge is 0.0502 e. The minimum Gasteiger partial charge on any atom is -0.311 e. The number of hydrogen-bond acceptors (Lipinski definition) is 2. The van der Waals surface area contributed by atoms with Crippen LogP contribution < -0.4 is 9.80 Å². The molecule has 1 heterocycles. The van der Waals surface area contributed by atoms with E-state index in [4.69, 9.17) is 0 Å². The monoisotopic (exact) mass is 652 g/mol. The first-order valence-electron chi connectivity index (χ1n) is 17.6. The van der Waals surface area contributed by atoms with Gasteiger partial charge in [-0.25, -0.2) is 0 Å². The number of allylic oxidation sites excluding steroid dienone is 5. The number of anilines is 5. The van der Waals surface area contributed by atoms with Crippen molar-refractivity contribution in [2.45, 2.75) is 5.92 Å². The van der Waals surface area contributed by atoms with Crippen LogP contribution in [0.15, 0.2) is 218 Å². The second-order valence-electron chi connectivity index (χ2n) is 13.0. The van der Waals surface area contributed by atoms with Gasteiger partial charge in [0.25, 0.3) is 0 Å². The highest BCUT2D eigenvalue weighted by Crippen LogP contribution is 2.44. The fraction of sp³-hybridized carbons (Fsp3) is 0.0204. The molecule has 2 nitrogen and oxygen atoms in total. The fourth-order valence-corrected chi connectivity index (χ4v) is 7.32. The molecule has 1 unspecified atom stereocenters. The number of fused-ring (bicyclic) bond motifs is 3. The van der Waals surface area contributed by atoms with E-state index in [1.165, 1.54) is 50.3 Å². The molecule has 0 amide bonds. The Morgan fingerprint density at radius 1 is 0.412 bits per heavy atom. The van der Waals surface area contributed by atoms with Gasteiger partial charge in [-0.3, -0.25) is 0 Å². The van der Waals surface area contributed by atoms with Crippen LogP contribution in [0.1, 0.15) is 11.5 Å². The Bertz CT molecular complexity index is 2300. The Kier molecular flexibility index (Phi) is 7.96. The average molecular weight is 653 g/mol. The Balaban J connectivity index is 1.06. The van der Waals surface area contributed by atoms with Gasteiger partial charge in [0.15, 0.2) is 0 Å². The van der Waals surface area contributed by atoms with Crippen molar-refractivity contribution in [1.82, 2.24) is 0 Å². The Morgan fingerprint density at radius 2 is 0.902 bits per heavy atom. The lowest BCUT2D eigenvalue weighted by atomic mass is 9.91. The lowest BCUT2D eigenvalue weighted by Gasteiger charge is -2.34. The van der Waals surface area contributed by atoms with Crippen molar-refractivity contribution in [3.8, 4) is 33.4 Å². The topological polar surface area (TPSA) is 6.48 Å². The molecule has 0 saturated carbocycles. The summed E-state index contributed by atoms with van der Waals surface area (Å²) >= 11 is 0. The van der Waals surface area contributed by atoms with E-state index in [0.717, 1.165) is 22.7 Å². The molecule has 1 aliphatic carbocycles. The van der Waals surface area contributed by atoms with Gasteiger partial charge in [-0.15, -0.1) is 0 Å². The summed E-state index contributed by atoms with van der Waals surface area (Å²) in [5, 5.41) is 0. The maximum atomic E-state index is 2.38. The van der Waals surface area contributed by atoms with Crippen LogP contribution in [-0.2, 0) is 0 Å². The van der Waals surface area contributed by atoms with Gasteiger partial charge in [-0.1, -0.05) is 146 Å². The van der Waals surface area contributed by atoms with E-state index in [-0.39, 0.29) is 5.92 Å². The number of nitrogens with zero attached hydrogens (tertiary/aromatic N) is 2. The maximum Gasteiger partial charge on any atom is 0.0502 e. The molecular weight excluding hydrogens is 617 g/mol. The normalized spacial score (nSPS) is 14.4. The van der Waals surface area contributed by atoms with Crippen molar-refractivity contribution >= 4 is 28.4 Å². The first-order chi connectivity index (χ1) is 25.3. The SMILES string of the molecule is C1=CC2=CC(C=C1)c1ccccc1N2c1cccc(-c2ccc(N(c3ccc(-c4ccccc4)cc3)c3ccc(-c4ccccc4)cc3)cc2)c1. The fourth-order valence-electron chi connectivity index (χ4n) is 7.32. The molecule has 9 rings (SSSR count). The lowest BCUT2D eigenvalue weighted by molar-refractivity contribution is 0.998. The van der Waals surface area contributed by atoms with Crippen LogP contribution in [0.5, 0.6) is 0 Å². The van der Waals surface area contributed by atoms with Gasteiger partial charge in [-0.2, -0.15) is 0 Å². The van der Waals surface area contributed by atoms with E-state index >= 15 is 0 Å². The quantitative estimate of drug-likeness (QED) is 0.169. The van der Waals surface area contributed by atoms with Crippen LogP contribution in [0.2, 0.25) is 0 Å². The summed E-state index contributed by atoms with van der Waals surface area (Å²) in [5.41, 5.74) is 15.4. The van der Waals surface area contributed by atoms with Crippen molar-refractivity contribution < 1.29 is 0 Å². The van der Waals surface area contributed by atoms with E-state index in [9.17, 15) is 0 Å². The molecule has 0 spiro atoms. The summed E-state index contributed by atoms with van der Waals surface area (Å²) in [7, 11) is 0. The average Bonchev–Trinajstić information content (AvgIpc) is 3.42. The van der Waals surface area contributed by atoms with Gasteiger partial charge >= 0.3 is 0 Å². The van der Waals surface area contributed by atoms with E-state index < -0.39 is 0 Å². The van der Waals surface area contributed by atoms with Crippen LogP contribution in [0.4, 0.5) is 28.4 Å². The molecule has 0 radical (unpaired) electrons. The summed E-state index contributed by atoms with van der Waals surface area (Å²) < 4.78 is 0. The molecular formula is C49H36N2. The highest BCUT2D eigenvalue weighted by atomic mass is 15.2. The predicted molar refractivity (Wildman–Crippen MR) is 215 cm³/mol. The van der Waals surface area contributed by atoms with E-state index in [1.807, 2.05) is 0 Å². The Morgan fingerprint density at radius 3 is 1.49 bits per heavy atom. The van der Waals surface area contributed by atoms with Crippen molar-refractivity contribution in [3.05, 3.63) is 224 Å². The second kappa shape index (κ2) is 13.3. The van der Waals surface area contributed by atoms with Crippen LogP contribution in [0.3, 0.4) is 0 Å². The molecule has 0 aromatic heterocycles. The first-order valence-corrected chi connectivity index (χ1v) is 17.6. The maximum absolute atomic E-state index is 2.38. The summed E-state index contributed by atoms with van der Waals surface area (Å²) in [6.45, 7) is 0. The number of hydrogen-bond donors (Lipinski definition) is 0. The molecule has 0 saturated heterocycles. The zero-order valence-electron chi connectivity index (χ0n) is 28.2. The highest BCUT2D eigenvalue weighted by Gasteiger charge is 2.26. The zero-order chi connectivity index (χ0) is 34.0. The molecule has 1 atom stereocenters. The third-order valence-electron chi connectivity index (χ3n) is 9.87. The van der Waals surface area contributed by atoms with Crippen molar-refractivity contribution in [3.63, 3.8) is 0 Å². The lowest BCUT2D eigenvalue weighted by Crippen LogP contribution is -2.21. The number of rotatable bonds is 7. The standard InChI is InChI=1S/C49H36N2/c1-3-12-36(13-4-1)38-22-28-43(29-23-38)50(44-30-24-39(25-31-44)37-14-5-2-6-15-37)45-32-26-40(27-33-45)41-17-11-19-47(34-41)51-46-18-8-7-16-42(35-46)48-20-9-10-21-49(48)51/h1-35,42H. The third kappa shape index (κ3) is 5.98. The van der Waals surface area contributed by atoms with Gasteiger partial charge < -0.3 is 9.80 Å². The highest BCUT2D eigenvalue weighted by molar-refractivity contribution is 5.83. The van der Waals surface area contributed by atoms with Gasteiger partial charge in [-0.05, 0) is 106 Å². The van der Waals surface area contributed by atoms with E-state index in [0.29, 0.717) is 0 Å². The van der Waals surface area contributed by atoms with E-state index in [1.54, 1.807) is 0 Å². The largest absolute Gasteiger partial charge is 0.311 e. The number of benzene rings is 7. The molecule has 2 heteroatoms. The van der Waals surface area contributed by atoms with Crippen molar-refractivity contribution in [2.75, 3.05) is 9.80 Å². The van der Waals surface area contributed by atoms with Crippen molar-refractivity contribution in [1.29, 1.82) is 0 Å². The summed E-state index contributed by atoms with van der Waals surface area (Å²) in [6.07, 6.45) is 11.1. The molecule has 0 N–H and O–H groups in total. The van der Waals surface area contributed by atoms with Crippen LogP contribution >= 0.6 is 0 Å². The minimum absolute atomic E-state index is 0.283. The molecule has 7 aromatic rings. The summed E-state index contributed by atoms with van der Waals surface area (Å²) in [5.74, 6) is 0.283. The van der Waals surface area contributed by atoms with Gasteiger partial charge in [0.05, 0.1) is 5.69 Å². The Labute approximate surface area is 300 Å². The van der Waals surface area contributed by atoms with Crippen molar-refractivity contribution in [2.24, 2.45) is 0 Å². The van der Waals surface area contributed by atoms with Crippen LogP contribution in [0.25, 0.3) is 33.4 Å². The molecule has 242 valence electrons. The summed E-state index contributed by atoms with van der Waals surface area (Å²) in [6, 6.07) is 65.4. The molecule has 2 aliphatic rings. The van der Waals surface area contributed by atoms with Crippen LogP contribution in [0, 0.1) is 0 Å². The predicted octanol–water partition coefficient (Wildman–Crippen LogP) is 13.4. The Hall–Kier alpha value is -6.64. The van der Waals surface area contributed by atoms with E-state index in [2.05, 4.69) is 222 Å². The molecule has 2 bridgehead atoms. The number of para-hydroxylation sites is 1. The molecule has 1 aliphatic heterocycles. The van der Waals surface area contributed by atoms with Gasteiger partial charge in [0.2, 0.25) is 0 Å². The second-order valence-corrected chi connectivity index (χ2v) is 13.0. The molecule has 7 aromatic carbocycles. The third-order valence-corrected chi connectivity index (χ3v) is 9.87. The minimum atomic E-state index is 0.283.